The van der Waals surface area contributed by atoms with Gasteiger partial charge in [-0.15, -0.1) is 0 Å². The normalized spacial score (nSPS) is 14.8. The lowest BCUT2D eigenvalue weighted by atomic mass is 9.69. The van der Waals surface area contributed by atoms with Crippen molar-refractivity contribution in [3.63, 3.8) is 0 Å². The molecule has 0 saturated carbocycles. The first kappa shape index (κ1) is 23.5. The van der Waals surface area contributed by atoms with Gasteiger partial charge in [-0.1, -0.05) is 38.1 Å². The molecule has 0 atom stereocenters. The van der Waals surface area contributed by atoms with Gasteiger partial charge < -0.3 is 15.0 Å². The Balaban J connectivity index is 1.70. The van der Waals surface area contributed by atoms with Crippen molar-refractivity contribution in [3.8, 4) is 5.88 Å². The molecular weight excluding hydrogens is 447 g/mol. The second kappa shape index (κ2) is 9.28. The van der Waals surface area contributed by atoms with Crippen LogP contribution in [-0.4, -0.2) is 40.6 Å². The first-order valence-corrected chi connectivity index (χ1v) is 10.8. The number of anilines is 2. The molecule has 0 unspecified atom stereocenters. The number of pyridine rings is 1. The number of nitrogens with zero attached hydrogens (tertiary/aromatic N) is 4. The van der Waals surface area contributed by atoms with Gasteiger partial charge in [0.15, 0.2) is 5.82 Å². The topological polar surface area (TPSA) is 80.2 Å². The van der Waals surface area contributed by atoms with Crippen molar-refractivity contribution in [1.29, 1.82) is 0 Å². The van der Waals surface area contributed by atoms with E-state index in [4.69, 9.17) is 0 Å². The van der Waals surface area contributed by atoms with Crippen molar-refractivity contribution >= 4 is 17.5 Å². The third-order valence-electron chi connectivity index (χ3n) is 5.79. The SMILES string of the molecule is Cc1ccc(NC(=O)C2(c3ccccc3C(C)C)CN(c3ncc(F)cn3)C2)c(OC(F)F)n1. The van der Waals surface area contributed by atoms with Crippen LogP contribution in [0.25, 0.3) is 0 Å². The molecule has 0 bridgehead atoms. The maximum absolute atomic E-state index is 13.7. The Morgan fingerprint density at radius 1 is 1.12 bits per heavy atom. The van der Waals surface area contributed by atoms with Crippen LogP contribution in [0.2, 0.25) is 0 Å². The van der Waals surface area contributed by atoms with Crippen LogP contribution in [0, 0.1) is 12.7 Å². The number of halogens is 3. The first-order valence-electron chi connectivity index (χ1n) is 10.8. The lowest BCUT2D eigenvalue weighted by molar-refractivity contribution is -0.122. The summed E-state index contributed by atoms with van der Waals surface area (Å²) in [6, 6.07) is 10.7. The van der Waals surface area contributed by atoms with Gasteiger partial charge in [0.25, 0.3) is 0 Å². The molecule has 1 aliphatic heterocycles. The average molecular weight is 471 g/mol. The zero-order valence-electron chi connectivity index (χ0n) is 18.9. The van der Waals surface area contributed by atoms with Crippen molar-refractivity contribution in [2.24, 2.45) is 0 Å². The molecule has 7 nitrogen and oxygen atoms in total. The molecule has 10 heteroatoms. The maximum Gasteiger partial charge on any atom is 0.388 e. The fraction of sp³-hybridized carbons (Fsp3) is 0.333. The first-order chi connectivity index (χ1) is 16.2. The highest BCUT2D eigenvalue weighted by Gasteiger charge is 2.52. The molecule has 0 radical (unpaired) electrons. The molecule has 0 aliphatic carbocycles. The smallest absolute Gasteiger partial charge is 0.388 e. The highest BCUT2D eigenvalue weighted by Crippen LogP contribution is 2.41. The Bertz CT molecular complexity index is 1180. The average Bonchev–Trinajstić information content (AvgIpc) is 2.76. The second-order valence-corrected chi connectivity index (χ2v) is 8.52. The summed E-state index contributed by atoms with van der Waals surface area (Å²) in [5.74, 6) is -0.879. The van der Waals surface area contributed by atoms with E-state index in [0.717, 1.165) is 23.5 Å². The second-order valence-electron chi connectivity index (χ2n) is 8.52. The van der Waals surface area contributed by atoms with Crippen LogP contribution >= 0.6 is 0 Å². The number of aryl methyl sites for hydroxylation is 1. The Kier molecular flexibility index (Phi) is 6.41. The largest absolute Gasteiger partial charge is 0.415 e. The molecule has 4 rings (SSSR count). The van der Waals surface area contributed by atoms with E-state index in [1.165, 1.54) is 6.07 Å². The molecule has 34 heavy (non-hydrogen) atoms. The number of rotatable bonds is 7. The number of hydrogen-bond acceptors (Lipinski definition) is 6. The van der Waals surface area contributed by atoms with Gasteiger partial charge in [0.2, 0.25) is 17.7 Å². The lowest BCUT2D eigenvalue weighted by Crippen LogP contribution is -2.66. The minimum Gasteiger partial charge on any atom is -0.415 e. The number of benzene rings is 1. The van der Waals surface area contributed by atoms with Gasteiger partial charge in [-0.25, -0.2) is 19.3 Å². The van der Waals surface area contributed by atoms with E-state index in [0.29, 0.717) is 11.6 Å². The van der Waals surface area contributed by atoms with Crippen LogP contribution in [0.1, 0.15) is 36.6 Å². The summed E-state index contributed by atoms with van der Waals surface area (Å²) in [4.78, 5) is 27.5. The van der Waals surface area contributed by atoms with E-state index in [1.807, 2.05) is 38.1 Å². The molecule has 1 fully saturated rings. The van der Waals surface area contributed by atoms with E-state index < -0.39 is 23.8 Å². The standard InChI is InChI=1S/C24H24F3N5O2/c1-14(2)17-6-4-5-7-18(17)24(12-32(13-24)23-28-10-16(25)11-29-23)21(33)31-19-9-8-15(3)30-20(19)34-22(26)27/h4-11,14,22H,12-13H2,1-3H3,(H,31,33). The summed E-state index contributed by atoms with van der Waals surface area (Å²) in [5, 5.41) is 2.74. The predicted molar refractivity (Wildman–Crippen MR) is 121 cm³/mol. The third-order valence-corrected chi connectivity index (χ3v) is 5.79. The molecule has 1 N–H and O–H groups in total. The number of ether oxygens (including phenoxy) is 1. The molecule has 2 aromatic heterocycles. The molecule has 1 aliphatic rings. The zero-order valence-corrected chi connectivity index (χ0v) is 18.9. The highest BCUT2D eigenvalue weighted by molar-refractivity contribution is 6.02. The van der Waals surface area contributed by atoms with Gasteiger partial charge in [-0.2, -0.15) is 8.78 Å². The molecule has 0 spiro atoms. The summed E-state index contributed by atoms with van der Waals surface area (Å²) < 4.78 is 43.7. The fourth-order valence-electron chi connectivity index (χ4n) is 4.13. The maximum atomic E-state index is 13.7. The summed E-state index contributed by atoms with van der Waals surface area (Å²) in [7, 11) is 0. The van der Waals surface area contributed by atoms with Crippen molar-refractivity contribution in [3.05, 3.63) is 71.4 Å². The van der Waals surface area contributed by atoms with Crippen molar-refractivity contribution < 1.29 is 22.7 Å². The number of carbonyl (C=O) groups is 1. The Labute approximate surface area is 195 Å². The Morgan fingerprint density at radius 3 is 2.44 bits per heavy atom. The number of carbonyl (C=O) groups excluding carboxylic acids is 1. The summed E-state index contributed by atoms with van der Waals surface area (Å²) in [6.07, 6.45) is 2.13. The van der Waals surface area contributed by atoms with Crippen LogP contribution in [0.4, 0.5) is 24.8 Å². The Morgan fingerprint density at radius 2 is 1.79 bits per heavy atom. The summed E-state index contributed by atoms with van der Waals surface area (Å²) >= 11 is 0. The van der Waals surface area contributed by atoms with Crippen LogP contribution in [0.15, 0.2) is 48.8 Å². The predicted octanol–water partition coefficient (Wildman–Crippen LogP) is 4.44. The van der Waals surface area contributed by atoms with Crippen molar-refractivity contribution in [2.45, 2.75) is 38.7 Å². The molecule has 1 aromatic carbocycles. The van der Waals surface area contributed by atoms with Gasteiger partial charge in [0.05, 0.1) is 12.4 Å². The van der Waals surface area contributed by atoms with E-state index >= 15 is 0 Å². The van der Waals surface area contributed by atoms with Gasteiger partial charge in [0, 0.05) is 18.8 Å². The minimum atomic E-state index is -3.09. The molecule has 3 heterocycles. The van der Waals surface area contributed by atoms with Gasteiger partial charge in [-0.05, 0) is 36.1 Å². The molecule has 178 valence electrons. The van der Waals surface area contributed by atoms with Crippen LogP contribution in [-0.2, 0) is 10.2 Å². The number of aromatic nitrogens is 3. The van der Waals surface area contributed by atoms with Crippen LogP contribution < -0.4 is 15.0 Å². The molecule has 1 saturated heterocycles. The molecule has 3 aromatic rings. The van der Waals surface area contributed by atoms with Gasteiger partial charge in [-0.3, -0.25) is 4.79 Å². The molecular formula is C24H24F3N5O2. The summed E-state index contributed by atoms with van der Waals surface area (Å²) in [5.41, 5.74) is 1.30. The lowest BCUT2D eigenvalue weighted by Gasteiger charge is -2.49. The van der Waals surface area contributed by atoms with Crippen LogP contribution in [0.5, 0.6) is 5.88 Å². The number of amides is 1. The molecule has 1 amide bonds. The Hall–Kier alpha value is -3.69. The third kappa shape index (κ3) is 4.52. The van der Waals surface area contributed by atoms with Gasteiger partial charge in [0.1, 0.15) is 11.1 Å². The number of alkyl halides is 2. The van der Waals surface area contributed by atoms with Crippen molar-refractivity contribution in [1.82, 2.24) is 15.0 Å². The fourth-order valence-corrected chi connectivity index (χ4v) is 4.13. The number of hydrogen-bond donors (Lipinski definition) is 1. The summed E-state index contributed by atoms with van der Waals surface area (Å²) in [6.45, 7) is 3.05. The van der Waals surface area contributed by atoms with E-state index in [-0.39, 0.29) is 30.6 Å². The highest BCUT2D eigenvalue weighted by atomic mass is 19.3. The van der Waals surface area contributed by atoms with Crippen LogP contribution in [0.3, 0.4) is 0 Å². The van der Waals surface area contributed by atoms with E-state index in [2.05, 4.69) is 25.0 Å². The van der Waals surface area contributed by atoms with E-state index in [9.17, 15) is 18.0 Å². The van der Waals surface area contributed by atoms with Crippen molar-refractivity contribution in [2.75, 3.05) is 23.3 Å². The monoisotopic (exact) mass is 471 g/mol. The quantitative estimate of drug-likeness (QED) is 0.549. The number of nitrogens with one attached hydrogen (secondary N) is 1. The van der Waals surface area contributed by atoms with E-state index in [1.54, 1.807) is 17.9 Å². The zero-order chi connectivity index (χ0) is 24.5. The minimum absolute atomic E-state index is 0.0498. The van der Waals surface area contributed by atoms with Gasteiger partial charge >= 0.3 is 6.61 Å².